The number of rotatable bonds is 8. The molecule has 38 heavy (non-hydrogen) atoms. The number of aliphatic hydroxyl groups is 1. The van der Waals surface area contributed by atoms with E-state index in [1.807, 2.05) is 0 Å². The van der Waals surface area contributed by atoms with E-state index in [2.05, 4.69) is 16.2 Å². The molecule has 1 saturated heterocycles. The molecule has 0 amide bonds. The fourth-order valence-corrected chi connectivity index (χ4v) is 5.08. The quantitative estimate of drug-likeness (QED) is 0.401. The summed E-state index contributed by atoms with van der Waals surface area (Å²) in [6.45, 7) is 6.22. The van der Waals surface area contributed by atoms with Crippen molar-refractivity contribution in [3.05, 3.63) is 29.8 Å². The van der Waals surface area contributed by atoms with Crippen LogP contribution in [-0.4, -0.2) is 63.4 Å². The van der Waals surface area contributed by atoms with Crippen LogP contribution in [0.1, 0.15) is 70.7 Å². The van der Waals surface area contributed by atoms with Gasteiger partial charge >= 0.3 is 11.9 Å². The van der Waals surface area contributed by atoms with Gasteiger partial charge in [-0.2, -0.15) is 10.4 Å². The number of aliphatic hydroxyl groups excluding tert-OH is 1. The van der Waals surface area contributed by atoms with Gasteiger partial charge in [0.15, 0.2) is 6.79 Å². The minimum Gasteiger partial charge on any atom is -0.463 e. The molecule has 4 atom stereocenters. The summed E-state index contributed by atoms with van der Waals surface area (Å²) in [5.74, 6) is -0.556. The second-order valence-electron chi connectivity index (χ2n) is 11.1. The van der Waals surface area contributed by atoms with Gasteiger partial charge in [0.1, 0.15) is 37.3 Å². The van der Waals surface area contributed by atoms with Gasteiger partial charge in [0.25, 0.3) is 0 Å². The maximum Gasteiger partial charge on any atom is 0.313 e. The number of hydrogen-bond acceptors (Lipinski definition) is 10. The van der Waals surface area contributed by atoms with E-state index in [-0.39, 0.29) is 18.3 Å². The second-order valence-corrected chi connectivity index (χ2v) is 11.1. The lowest BCUT2D eigenvalue weighted by atomic mass is 9.87. The normalized spacial score (nSPS) is 26.3. The summed E-state index contributed by atoms with van der Waals surface area (Å²) >= 11 is 0. The minimum atomic E-state index is -1.88. The van der Waals surface area contributed by atoms with Crippen LogP contribution < -0.4 is 0 Å². The Morgan fingerprint density at radius 1 is 1.24 bits per heavy atom. The standard InChI is InChI=1S/C27H36N4O7/c1-17-19-10-11-21(31(19)30-15-29-17)27(14-28)24(33)23(36-16-37-25(34)26(2,3)4)20(38-27)13-35-22(32)12-18-8-6-5-7-9-18/h10-11,15,18,20,23-24,33H,5-9,12-13,16H2,1-4H3/t20-,23-,24-,27+/m1/s1. The zero-order chi connectivity index (χ0) is 27.5. The number of aryl methyl sites for hydroxylation is 1. The van der Waals surface area contributed by atoms with Crippen LogP contribution in [0.3, 0.4) is 0 Å². The van der Waals surface area contributed by atoms with Crippen molar-refractivity contribution >= 4 is 17.5 Å². The monoisotopic (exact) mass is 528 g/mol. The first-order valence-corrected chi connectivity index (χ1v) is 13.1. The Morgan fingerprint density at radius 3 is 2.66 bits per heavy atom. The number of fused-ring (bicyclic) bond motifs is 1. The van der Waals surface area contributed by atoms with Crippen molar-refractivity contribution < 1.29 is 33.6 Å². The van der Waals surface area contributed by atoms with Crippen molar-refractivity contribution in [2.75, 3.05) is 13.4 Å². The molecule has 0 unspecified atom stereocenters. The highest BCUT2D eigenvalue weighted by molar-refractivity contribution is 5.75. The Labute approximate surface area is 222 Å². The summed E-state index contributed by atoms with van der Waals surface area (Å²) in [5, 5.41) is 26.0. The van der Waals surface area contributed by atoms with Gasteiger partial charge in [-0.15, -0.1) is 0 Å². The van der Waals surface area contributed by atoms with Gasteiger partial charge in [-0.05, 0) is 58.6 Å². The van der Waals surface area contributed by atoms with E-state index in [0.29, 0.717) is 23.5 Å². The van der Waals surface area contributed by atoms with Crippen LogP contribution in [0, 0.1) is 29.6 Å². The fourth-order valence-electron chi connectivity index (χ4n) is 5.08. The van der Waals surface area contributed by atoms with Crippen molar-refractivity contribution in [3.63, 3.8) is 0 Å². The van der Waals surface area contributed by atoms with Crippen LogP contribution in [0.15, 0.2) is 18.5 Å². The zero-order valence-corrected chi connectivity index (χ0v) is 22.4. The van der Waals surface area contributed by atoms with Gasteiger partial charge in [-0.25, -0.2) is 9.50 Å². The van der Waals surface area contributed by atoms with Gasteiger partial charge in [0, 0.05) is 6.42 Å². The maximum absolute atomic E-state index is 12.6. The minimum absolute atomic E-state index is 0.235. The largest absolute Gasteiger partial charge is 0.463 e. The molecule has 2 fully saturated rings. The first-order chi connectivity index (χ1) is 18.1. The molecule has 1 aliphatic heterocycles. The summed E-state index contributed by atoms with van der Waals surface area (Å²) in [4.78, 5) is 29.0. The molecular formula is C27H36N4O7. The zero-order valence-electron chi connectivity index (χ0n) is 22.4. The summed E-state index contributed by atoms with van der Waals surface area (Å²) < 4.78 is 24.2. The molecular weight excluding hydrogens is 492 g/mol. The molecule has 0 bridgehead atoms. The number of nitriles is 1. The van der Waals surface area contributed by atoms with E-state index in [1.165, 1.54) is 17.3 Å². The van der Waals surface area contributed by atoms with Gasteiger partial charge in [-0.3, -0.25) is 9.59 Å². The molecule has 1 saturated carbocycles. The third-order valence-electron chi connectivity index (χ3n) is 7.27. The molecule has 11 nitrogen and oxygen atoms in total. The summed E-state index contributed by atoms with van der Waals surface area (Å²) in [7, 11) is 0. The Kier molecular flexibility index (Phi) is 8.35. The third-order valence-corrected chi connectivity index (χ3v) is 7.27. The Morgan fingerprint density at radius 2 is 1.97 bits per heavy atom. The van der Waals surface area contributed by atoms with Crippen LogP contribution in [0.2, 0.25) is 0 Å². The molecule has 2 aliphatic rings. The van der Waals surface area contributed by atoms with Crippen LogP contribution in [0.25, 0.3) is 5.52 Å². The molecule has 206 valence electrons. The Bertz CT molecular complexity index is 1190. The molecule has 3 heterocycles. The molecule has 11 heteroatoms. The average Bonchev–Trinajstić information content (AvgIpc) is 3.43. The lowest BCUT2D eigenvalue weighted by Crippen LogP contribution is -2.43. The highest BCUT2D eigenvalue weighted by Gasteiger charge is 2.59. The number of aromatic nitrogens is 3. The van der Waals surface area contributed by atoms with Crippen LogP contribution >= 0.6 is 0 Å². The van der Waals surface area contributed by atoms with Crippen LogP contribution in [0.4, 0.5) is 0 Å². The number of nitrogens with zero attached hydrogens (tertiary/aromatic N) is 4. The predicted octanol–water partition coefficient (Wildman–Crippen LogP) is 2.96. The van der Waals surface area contributed by atoms with Gasteiger partial charge in [0.2, 0.25) is 5.60 Å². The number of carbonyl (C=O) groups is 2. The highest BCUT2D eigenvalue weighted by Crippen LogP contribution is 2.41. The second kappa shape index (κ2) is 11.4. The van der Waals surface area contributed by atoms with Gasteiger partial charge in [-0.1, -0.05) is 19.3 Å². The number of esters is 2. The highest BCUT2D eigenvalue weighted by atomic mass is 16.7. The Balaban J connectivity index is 1.55. The van der Waals surface area contributed by atoms with E-state index in [0.717, 1.165) is 25.7 Å². The predicted molar refractivity (Wildman–Crippen MR) is 133 cm³/mol. The summed E-state index contributed by atoms with van der Waals surface area (Å²) in [6, 6.07) is 5.47. The van der Waals surface area contributed by atoms with E-state index in [9.17, 15) is 20.0 Å². The number of carbonyl (C=O) groups excluding carboxylic acids is 2. The van der Waals surface area contributed by atoms with E-state index in [1.54, 1.807) is 39.8 Å². The smallest absolute Gasteiger partial charge is 0.313 e. The molecule has 4 rings (SSSR count). The Hall–Kier alpha value is -3.07. The summed E-state index contributed by atoms with van der Waals surface area (Å²) in [6.07, 6.45) is 3.44. The van der Waals surface area contributed by atoms with Gasteiger partial charge in [0.05, 0.1) is 22.3 Å². The molecule has 1 aliphatic carbocycles. The SMILES string of the molecule is Cc1ncnn2c([C@]3(C#N)O[C@H](COC(=O)CC4CCCCC4)[C@@H](OCOC(=O)C(C)(C)C)[C@H]3O)ccc12. The summed E-state index contributed by atoms with van der Waals surface area (Å²) in [5.41, 5.74) is -1.02. The lowest BCUT2D eigenvalue weighted by Gasteiger charge is -2.25. The van der Waals surface area contributed by atoms with Crippen molar-refractivity contribution in [2.45, 2.75) is 90.1 Å². The topological polar surface area (TPSA) is 145 Å². The average molecular weight is 529 g/mol. The van der Waals surface area contributed by atoms with Crippen molar-refractivity contribution in [1.82, 2.24) is 14.6 Å². The lowest BCUT2D eigenvalue weighted by molar-refractivity contribution is -0.178. The maximum atomic E-state index is 12.6. The van der Waals surface area contributed by atoms with E-state index < -0.39 is 42.1 Å². The number of ether oxygens (including phenoxy) is 4. The molecule has 0 spiro atoms. The molecule has 0 radical (unpaired) electrons. The van der Waals surface area contributed by atoms with Crippen molar-refractivity contribution in [3.8, 4) is 6.07 Å². The van der Waals surface area contributed by atoms with Crippen LogP contribution in [0.5, 0.6) is 0 Å². The fraction of sp³-hybridized carbons (Fsp3) is 0.667. The van der Waals surface area contributed by atoms with E-state index in [4.69, 9.17) is 18.9 Å². The van der Waals surface area contributed by atoms with Gasteiger partial charge < -0.3 is 24.1 Å². The number of hydrogen-bond donors (Lipinski definition) is 1. The van der Waals surface area contributed by atoms with Crippen molar-refractivity contribution in [1.29, 1.82) is 5.26 Å². The molecule has 2 aromatic heterocycles. The van der Waals surface area contributed by atoms with E-state index >= 15 is 0 Å². The van der Waals surface area contributed by atoms with Crippen LogP contribution in [-0.2, 0) is 34.1 Å². The van der Waals surface area contributed by atoms with Crippen molar-refractivity contribution in [2.24, 2.45) is 11.3 Å². The molecule has 1 N–H and O–H groups in total. The third kappa shape index (κ3) is 5.67. The molecule has 2 aromatic rings. The molecule has 0 aromatic carbocycles. The first kappa shape index (κ1) is 28.0. The first-order valence-electron chi connectivity index (χ1n) is 13.1.